The summed E-state index contributed by atoms with van der Waals surface area (Å²) in [6, 6.07) is 0. The van der Waals surface area contributed by atoms with Crippen LogP contribution in [0.3, 0.4) is 0 Å². The Balaban J connectivity index is 1.80. The molecular formula is C17H32O2. The molecule has 1 atom stereocenters. The first-order valence-corrected chi connectivity index (χ1v) is 8.44. The first-order valence-electron chi connectivity index (χ1n) is 8.44. The van der Waals surface area contributed by atoms with Gasteiger partial charge in [0.05, 0.1) is 12.0 Å². The van der Waals surface area contributed by atoms with Crippen LogP contribution in [0.2, 0.25) is 0 Å². The standard InChI is InChI=1S/C17H32O2/c1-3-4-5-6-7-8-9-10-11-12-15(2)19-17(18)16-13-14-16/h15-16H,3-14H2,1-2H3. The van der Waals surface area contributed by atoms with Gasteiger partial charge in [-0.3, -0.25) is 4.79 Å². The van der Waals surface area contributed by atoms with Crippen LogP contribution in [0.5, 0.6) is 0 Å². The highest BCUT2D eigenvalue weighted by Gasteiger charge is 2.31. The van der Waals surface area contributed by atoms with Gasteiger partial charge in [-0.25, -0.2) is 0 Å². The van der Waals surface area contributed by atoms with Gasteiger partial charge < -0.3 is 4.74 Å². The molecule has 0 aromatic rings. The molecule has 0 saturated heterocycles. The van der Waals surface area contributed by atoms with Gasteiger partial charge in [-0.1, -0.05) is 58.3 Å². The van der Waals surface area contributed by atoms with Gasteiger partial charge in [0.15, 0.2) is 0 Å². The van der Waals surface area contributed by atoms with Crippen LogP contribution in [-0.2, 0) is 9.53 Å². The molecule has 0 N–H and O–H groups in total. The van der Waals surface area contributed by atoms with Crippen LogP contribution in [0.15, 0.2) is 0 Å². The van der Waals surface area contributed by atoms with Crippen molar-refractivity contribution in [3.63, 3.8) is 0 Å². The fourth-order valence-electron chi connectivity index (χ4n) is 2.41. The van der Waals surface area contributed by atoms with Gasteiger partial charge in [0.1, 0.15) is 0 Å². The normalized spacial score (nSPS) is 16.3. The van der Waals surface area contributed by atoms with Crippen LogP contribution in [0.4, 0.5) is 0 Å². The van der Waals surface area contributed by atoms with E-state index in [9.17, 15) is 4.79 Å². The largest absolute Gasteiger partial charge is 0.462 e. The molecule has 0 amide bonds. The van der Waals surface area contributed by atoms with E-state index in [1.807, 2.05) is 6.92 Å². The van der Waals surface area contributed by atoms with Crippen molar-refractivity contribution in [2.24, 2.45) is 5.92 Å². The molecule has 2 heteroatoms. The number of unbranched alkanes of at least 4 members (excludes halogenated alkanes) is 8. The maximum absolute atomic E-state index is 11.5. The molecule has 2 nitrogen and oxygen atoms in total. The average Bonchev–Trinajstić information content (AvgIpc) is 3.21. The lowest BCUT2D eigenvalue weighted by molar-refractivity contribution is -0.150. The van der Waals surface area contributed by atoms with Gasteiger partial charge in [0.25, 0.3) is 0 Å². The Hall–Kier alpha value is -0.530. The lowest BCUT2D eigenvalue weighted by Gasteiger charge is -2.12. The monoisotopic (exact) mass is 268 g/mol. The van der Waals surface area contributed by atoms with Gasteiger partial charge >= 0.3 is 5.97 Å². The van der Waals surface area contributed by atoms with Gasteiger partial charge in [0.2, 0.25) is 0 Å². The second kappa shape index (κ2) is 10.3. The molecule has 0 aliphatic heterocycles. The zero-order valence-electron chi connectivity index (χ0n) is 13.0. The molecule has 19 heavy (non-hydrogen) atoms. The summed E-state index contributed by atoms with van der Waals surface area (Å²) in [5.74, 6) is 0.286. The molecule has 1 saturated carbocycles. The number of rotatable bonds is 12. The highest BCUT2D eigenvalue weighted by molar-refractivity contribution is 5.75. The predicted molar refractivity (Wildman–Crippen MR) is 80.1 cm³/mol. The highest BCUT2D eigenvalue weighted by atomic mass is 16.5. The maximum Gasteiger partial charge on any atom is 0.309 e. The van der Waals surface area contributed by atoms with Crippen LogP contribution < -0.4 is 0 Å². The second-order valence-corrected chi connectivity index (χ2v) is 6.14. The molecule has 0 aromatic carbocycles. The smallest absolute Gasteiger partial charge is 0.309 e. The SMILES string of the molecule is CCCCCCCCCCCC(C)OC(=O)C1CC1. The van der Waals surface area contributed by atoms with E-state index in [1.165, 1.54) is 57.8 Å². The summed E-state index contributed by atoms with van der Waals surface area (Å²) < 4.78 is 5.41. The first-order chi connectivity index (χ1) is 9.24. The Labute approximate surface area is 119 Å². The summed E-state index contributed by atoms with van der Waals surface area (Å²) in [7, 11) is 0. The molecule has 0 radical (unpaired) electrons. The summed E-state index contributed by atoms with van der Waals surface area (Å²) in [5.41, 5.74) is 0. The zero-order valence-corrected chi connectivity index (χ0v) is 13.0. The van der Waals surface area contributed by atoms with Crippen molar-refractivity contribution in [1.29, 1.82) is 0 Å². The fraction of sp³-hybridized carbons (Fsp3) is 0.941. The third-order valence-corrected chi connectivity index (χ3v) is 3.94. The average molecular weight is 268 g/mol. The van der Waals surface area contributed by atoms with Crippen LogP contribution >= 0.6 is 0 Å². The molecular weight excluding hydrogens is 236 g/mol. The quantitative estimate of drug-likeness (QED) is 0.357. The molecule has 0 aromatic heterocycles. The Morgan fingerprint density at radius 2 is 1.53 bits per heavy atom. The number of hydrogen-bond donors (Lipinski definition) is 0. The molecule has 1 fully saturated rings. The van der Waals surface area contributed by atoms with Crippen molar-refractivity contribution in [2.45, 2.75) is 97.0 Å². The number of hydrogen-bond acceptors (Lipinski definition) is 2. The molecule has 0 spiro atoms. The summed E-state index contributed by atoms with van der Waals surface area (Å²) in [6.45, 7) is 4.29. The van der Waals surface area contributed by atoms with E-state index in [0.717, 1.165) is 19.3 Å². The molecule has 1 rings (SSSR count). The van der Waals surface area contributed by atoms with Crippen LogP contribution in [0.1, 0.15) is 90.9 Å². The fourth-order valence-corrected chi connectivity index (χ4v) is 2.41. The minimum Gasteiger partial charge on any atom is -0.462 e. The number of carbonyl (C=O) groups excluding carboxylic acids is 1. The Morgan fingerprint density at radius 1 is 1.00 bits per heavy atom. The van der Waals surface area contributed by atoms with Crippen LogP contribution in [0, 0.1) is 5.92 Å². The van der Waals surface area contributed by atoms with E-state index < -0.39 is 0 Å². The van der Waals surface area contributed by atoms with Gasteiger partial charge in [-0.15, -0.1) is 0 Å². The number of ether oxygens (including phenoxy) is 1. The van der Waals surface area contributed by atoms with E-state index in [0.29, 0.717) is 0 Å². The van der Waals surface area contributed by atoms with Gasteiger partial charge in [-0.05, 0) is 32.6 Å². The number of esters is 1. The van der Waals surface area contributed by atoms with E-state index in [-0.39, 0.29) is 18.0 Å². The lowest BCUT2D eigenvalue weighted by atomic mass is 10.1. The van der Waals surface area contributed by atoms with Crippen molar-refractivity contribution in [3.8, 4) is 0 Å². The van der Waals surface area contributed by atoms with Gasteiger partial charge in [-0.2, -0.15) is 0 Å². The van der Waals surface area contributed by atoms with Crippen LogP contribution in [0.25, 0.3) is 0 Å². The topological polar surface area (TPSA) is 26.3 Å². The minimum absolute atomic E-state index is 0.0448. The van der Waals surface area contributed by atoms with Crippen LogP contribution in [-0.4, -0.2) is 12.1 Å². The summed E-state index contributed by atoms with van der Waals surface area (Å²) in [4.78, 5) is 11.5. The third-order valence-electron chi connectivity index (χ3n) is 3.94. The molecule has 1 aliphatic carbocycles. The molecule has 0 heterocycles. The molecule has 1 aliphatic rings. The maximum atomic E-state index is 11.5. The van der Waals surface area contributed by atoms with Crippen molar-refractivity contribution < 1.29 is 9.53 Å². The lowest BCUT2D eigenvalue weighted by Crippen LogP contribution is -2.15. The molecule has 0 bridgehead atoms. The zero-order chi connectivity index (χ0) is 13.9. The van der Waals surface area contributed by atoms with E-state index in [4.69, 9.17) is 4.74 Å². The van der Waals surface area contributed by atoms with E-state index >= 15 is 0 Å². The Kier molecular flexibility index (Phi) is 8.94. The third kappa shape index (κ3) is 9.07. The van der Waals surface area contributed by atoms with Crippen molar-refractivity contribution in [1.82, 2.24) is 0 Å². The Bertz CT molecular complexity index is 233. The Morgan fingerprint density at radius 3 is 2.05 bits per heavy atom. The van der Waals surface area contributed by atoms with E-state index in [2.05, 4.69) is 6.92 Å². The number of carbonyl (C=O) groups is 1. The van der Waals surface area contributed by atoms with Crippen molar-refractivity contribution >= 4 is 5.97 Å². The summed E-state index contributed by atoms with van der Waals surface area (Å²) in [6.07, 6.45) is 15.4. The second-order valence-electron chi connectivity index (χ2n) is 6.14. The van der Waals surface area contributed by atoms with Gasteiger partial charge in [0, 0.05) is 0 Å². The van der Waals surface area contributed by atoms with Crippen molar-refractivity contribution in [2.75, 3.05) is 0 Å². The summed E-state index contributed by atoms with van der Waals surface area (Å²) in [5, 5.41) is 0. The first kappa shape index (κ1) is 16.5. The highest BCUT2D eigenvalue weighted by Crippen LogP contribution is 2.30. The summed E-state index contributed by atoms with van der Waals surface area (Å²) >= 11 is 0. The van der Waals surface area contributed by atoms with E-state index in [1.54, 1.807) is 0 Å². The minimum atomic E-state index is 0.0448. The molecule has 112 valence electrons. The van der Waals surface area contributed by atoms with Crippen molar-refractivity contribution in [3.05, 3.63) is 0 Å². The predicted octanol–water partition coefficient (Wildman–Crippen LogP) is 5.25. The molecule has 1 unspecified atom stereocenters.